The monoisotopic (exact) mass is 438 g/mol. The largest absolute Gasteiger partial charge is 0.369 e. The van der Waals surface area contributed by atoms with E-state index in [2.05, 4.69) is 47.4 Å². The molecule has 33 heavy (non-hydrogen) atoms. The Morgan fingerprint density at radius 3 is 2.21 bits per heavy atom. The lowest BCUT2D eigenvalue weighted by Gasteiger charge is -2.44. The fraction of sp³-hybridized carbons (Fsp3) is 0.367. The molecule has 3 heteroatoms. The first-order valence-corrected chi connectivity index (χ1v) is 12.4. The topological polar surface area (TPSA) is 46.3 Å². The van der Waals surface area contributed by atoms with Gasteiger partial charge in [0.1, 0.15) is 5.41 Å². The molecule has 1 atom stereocenters. The van der Waals surface area contributed by atoms with Crippen molar-refractivity contribution >= 4 is 5.91 Å². The molecule has 0 aromatic heterocycles. The first-order chi connectivity index (χ1) is 16.2. The number of hydrogen-bond acceptors (Lipinski definition) is 2. The Balaban J connectivity index is 1.41. The number of nitrogens with zero attached hydrogens (tertiary/aromatic N) is 1. The number of benzene rings is 3. The second-order valence-electron chi connectivity index (χ2n) is 9.75. The Morgan fingerprint density at radius 2 is 1.55 bits per heavy atom. The quantitative estimate of drug-likeness (QED) is 0.570. The molecule has 2 aliphatic rings. The number of nitrogens with two attached hydrogens (primary N) is 1. The van der Waals surface area contributed by atoms with E-state index < -0.39 is 5.41 Å². The van der Waals surface area contributed by atoms with Gasteiger partial charge >= 0.3 is 0 Å². The van der Waals surface area contributed by atoms with Gasteiger partial charge in [-0.05, 0) is 78.8 Å². The molecule has 1 fully saturated rings. The maximum Gasteiger partial charge on any atom is 0.232 e. The summed E-state index contributed by atoms with van der Waals surface area (Å²) in [6.07, 6.45) is 6.90. The van der Waals surface area contributed by atoms with Gasteiger partial charge in [0, 0.05) is 13.1 Å². The molecule has 3 nitrogen and oxygen atoms in total. The Hall–Kier alpha value is -2.91. The van der Waals surface area contributed by atoms with E-state index in [-0.39, 0.29) is 11.8 Å². The number of fused-ring (bicyclic) bond motifs is 1. The van der Waals surface area contributed by atoms with Crippen LogP contribution in [0.2, 0.25) is 0 Å². The van der Waals surface area contributed by atoms with E-state index in [1.165, 1.54) is 30.4 Å². The van der Waals surface area contributed by atoms with Crippen molar-refractivity contribution in [1.29, 1.82) is 0 Å². The number of carbonyl (C=O) groups excluding carboxylic acids is 1. The second-order valence-corrected chi connectivity index (χ2v) is 9.75. The van der Waals surface area contributed by atoms with Crippen molar-refractivity contribution < 1.29 is 4.79 Å². The van der Waals surface area contributed by atoms with Crippen molar-refractivity contribution in [3.8, 4) is 0 Å². The van der Waals surface area contributed by atoms with Gasteiger partial charge in [0.05, 0.1) is 0 Å². The lowest BCUT2D eigenvalue weighted by molar-refractivity contribution is -0.124. The molecule has 0 radical (unpaired) electrons. The number of primary amides is 1. The zero-order valence-corrected chi connectivity index (χ0v) is 19.4. The van der Waals surface area contributed by atoms with Crippen LogP contribution in [0.4, 0.5) is 0 Å². The van der Waals surface area contributed by atoms with E-state index in [1.54, 1.807) is 5.56 Å². The molecular weight excluding hydrogens is 404 g/mol. The third-order valence-corrected chi connectivity index (χ3v) is 7.84. The summed E-state index contributed by atoms with van der Waals surface area (Å²) in [5.41, 5.74) is 12.0. The minimum Gasteiger partial charge on any atom is -0.369 e. The van der Waals surface area contributed by atoms with E-state index in [1.807, 2.05) is 36.4 Å². The lowest BCUT2D eigenvalue weighted by atomic mass is 9.63. The van der Waals surface area contributed by atoms with Crippen molar-refractivity contribution in [1.82, 2.24) is 4.90 Å². The number of aryl methyl sites for hydroxylation is 2. The molecule has 0 unspecified atom stereocenters. The molecule has 170 valence electrons. The average molecular weight is 439 g/mol. The minimum absolute atomic E-state index is 0.147. The number of amides is 1. The Kier molecular flexibility index (Phi) is 6.32. The molecule has 5 rings (SSSR count). The van der Waals surface area contributed by atoms with Crippen molar-refractivity contribution in [2.75, 3.05) is 19.6 Å². The number of likely N-dealkylation sites (tertiary alicyclic amines) is 1. The van der Waals surface area contributed by atoms with Gasteiger partial charge in [-0.2, -0.15) is 0 Å². The highest BCUT2D eigenvalue weighted by Crippen LogP contribution is 2.43. The second kappa shape index (κ2) is 9.52. The smallest absolute Gasteiger partial charge is 0.232 e. The molecule has 1 heterocycles. The van der Waals surface area contributed by atoms with Crippen molar-refractivity contribution in [3.05, 3.63) is 107 Å². The average Bonchev–Trinajstić information content (AvgIpc) is 3.33. The molecule has 3 aromatic rings. The van der Waals surface area contributed by atoms with Gasteiger partial charge in [0.2, 0.25) is 5.91 Å². The fourth-order valence-corrected chi connectivity index (χ4v) is 6.21. The first-order valence-electron chi connectivity index (χ1n) is 12.4. The Labute approximate surface area is 197 Å². The van der Waals surface area contributed by atoms with E-state index in [4.69, 9.17) is 5.73 Å². The summed E-state index contributed by atoms with van der Waals surface area (Å²) in [6.45, 7) is 2.99. The molecule has 1 aliphatic carbocycles. The summed E-state index contributed by atoms with van der Waals surface area (Å²) < 4.78 is 0. The predicted octanol–water partition coefficient (Wildman–Crippen LogP) is 4.90. The fourth-order valence-electron chi connectivity index (χ4n) is 6.21. The van der Waals surface area contributed by atoms with Crippen LogP contribution < -0.4 is 5.73 Å². The van der Waals surface area contributed by atoms with Crippen LogP contribution in [-0.2, 0) is 29.5 Å². The van der Waals surface area contributed by atoms with Gasteiger partial charge in [-0.1, -0.05) is 78.9 Å². The molecule has 3 aromatic carbocycles. The maximum absolute atomic E-state index is 13.3. The number of hydrogen-bond donors (Lipinski definition) is 1. The summed E-state index contributed by atoms with van der Waals surface area (Å²) in [6, 6.07) is 27.4. The SMILES string of the molecule is NC(=O)C(c1ccccc1)(c1ccccc1)[C@H]1CCCN(CCc2ccc3c(c2)CCC3)C1. The van der Waals surface area contributed by atoms with E-state index in [0.717, 1.165) is 50.0 Å². The highest BCUT2D eigenvalue weighted by atomic mass is 16.1. The highest BCUT2D eigenvalue weighted by Gasteiger charge is 2.48. The van der Waals surface area contributed by atoms with E-state index >= 15 is 0 Å². The zero-order chi connectivity index (χ0) is 22.7. The van der Waals surface area contributed by atoms with Gasteiger partial charge in [-0.3, -0.25) is 4.79 Å². The van der Waals surface area contributed by atoms with Crippen LogP contribution in [-0.4, -0.2) is 30.4 Å². The van der Waals surface area contributed by atoms with Crippen LogP contribution >= 0.6 is 0 Å². The van der Waals surface area contributed by atoms with Crippen LogP contribution in [0.1, 0.15) is 47.1 Å². The molecule has 0 saturated carbocycles. The van der Waals surface area contributed by atoms with Gasteiger partial charge in [-0.15, -0.1) is 0 Å². The molecular formula is C30H34N2O. The minimum atomic E-state index is -0.811. The summed E-state index contributed by atoms with van der Waals surface area (Å²) in [5.74, 6) is -0.0982. The van der Waals surface area contributed by atoms with Crippen molar-refractivity contribution in [2.45, 2.75) is 43.9 Å². The highest BCUT2D eigenvalue weighted by molar-refractivity contribution is 5.91. The molecule has 0 spiro atoms. The van der Waals surface area contributed by atoms with Crippen LogP contribution in [0.3, 0.4) is 0 Å². The van der Waals surface area contributed by atoms with Gasteiger partial charge in [-0.25, -0.2) is 0 Å². The molecule has 1 amide bonds. The summed E-state index contributed by atoms with van der Waals surface area (Å²) in [4.78, 5) is 15.9. The Morgan fingerprint density at radius 1 is 0.879 bits per heavy atom. The van der Waals surface area contributed by atoms with Crippen molar-refractivity contribution in [3.63, 3.8) is 0 Å². The predicted molar refractivity (Wildman–Crippen MR) is 134 cm³/mol. The summed E-state index contributed by atoms with van der Waals surface area (Å²) >= 11 is 0. The Bertz CT molecular complexity index is 1050. The van der Waals surface area contributed by atoms with Gasteiger partial charge in [0.15, 0.2) is 0 Å². The normalized spacial score (nSPS) is 18.7. The number of rotatable bonds is 7. The number of piperidine rings is 1. The molecule has 0 bridgehead atoms. The first kappa shape index (κ1) is 21.9. The molecule has 2 N–H and O–H groups in total. The van der Waals surface area contributed by atoms with Crippen LogP contribution in [0.25, 0.3) is 0 Å². The number of carbonyl (C=O) groups is 1. The standard InChI is InChI=1S/C30H34N2O/c31-29(33)30(26-11-3-1-4-12-26,27-13-5-2-6-14-27)28-15-8-19-32(22-28)20-18-23-16-17-24-9-7-10-25(24)21-23/h1-6,11-14,16-17,21,28H,7-10,15,18-20,22H2,(H2,31,33)/t28-/m0/s1. The molecule has 1 aliphatic heterocycles. The zero-order valence-electron chi connectivity index (χ0n) is 19.4. The van der Waals surface area contributed by atoms with E-state index in [0.29, 0.717) is 0 Å². The van der Waals surface area contributed by atoms with Gasteiger partial charge < -0.3 is 10.6 Å². The lowest BCUT2D eigenvalue weighted by Crippen LogP contribution is -2.53. The molecule has 1 saturated heterocycles. The maximum atomic E-state index is 13.3. The summed E-state index contributed by atoms with van der Waals surface area (Å²) in [5, 5.41) is 0. The van der Waals surface area contributed by atoms with Crippen LogP contribution in [0.5, 0.6) is 0 Å². The van der Waals surface area contributed by atoms with Crippen LogP contribution in [0, 0.1) is 5.92 Å². The van der Waals surface area contributed by atoms with Gasteiger partial charge in [0.25, 0.3) is 0 Å². The third kappa shape index (κ3) is 4.22. The summed E-state index contributed by atoms with van der Waals surface area (Å²) in [7, 11) is 0. The third-order valence-electron chi connectivity index (χ3n) is 7.84. The van der Waals surface area contributed by atoms with E-state index in [9.17, 15) is 4.79 Å². The van der Waals surface area contributed by atoms with Crippen molar-refractivity contribution in [2.24, 2.45) is 11.7 Å². The van der Waals surface area contributed by atoms with Crippen LogP contribution in [0.15, 0.2) is 78.9 Å².